The maximum atomic E-state index is 12.3. The van der Waals surface area contributed by atoms with Crippen LogP contribution in [0.3, 0.4) is 0 Å². The Morgan fingerprint density at radius 1 is 1.33 bits per heavy atom. The van der Waals surface area contributed by atoms with Crippen LogP contribution in [-0.4, -0.2) is 43.4 Å². The number of nitrogens with zero attached hydrogens (tertiary/aromatic N) is 2. The minimum absolute atomic E-state index is 0.108. The van der Waals surface area contributed by atoms with E-state index in [-0.39, 0.29) is 5.91 Å². The molecule has 0 saturated heterocycles. The number of hydrogen-bond donors (Lipinski definition) is 2. The number of nitrogens with one attached hydrogen (secondary N) is 2. The van der Waals surface area contributed by atoms with Crippen LogP contribution in [0.1, 0.15) is 24.8 Å². The molecule has 2 rings (SSSR count). The van der Waals surface area contributed by atoms with Gasteiger partial charge >= 0.3 is 0 Å². The number of rotatable bonds is 6. The van der Waals surface area contributed by atoms with Crippen molar-refractivity contribution in [3.05, 3.63) is 46.5 Å². The molecule has 5 nitrogen and oxygen atoms in total. The molecule has 0 heterocycles. The average molecular weight is 393 g/mol. The van der Waals surface area contributed by atoms with Gasteiger partial charge in [-0.1, -0.05) is 46.3 Å². The summed E-state index contributed by atoms with van der Waals surface area (Å²) in [6, 6.07) is 8.37. The third-order valence-corrected chi connectivity index (χ3v) is 4.77. The van der Waals surface area contributed by atoms with Gasteiger partial charge in [0, 0.05) is 44.1 Å². The molecule has 6 heteroatoms. The van der Waals surface area contributed by atoms with Crippen LogP contribution in [0.4, 0.5) is 0 Å². The lowest BCUT2D eigenvalue weighted by Crippen LogP contribution is -2.43. The first-order valence-electron chi connectivity index (χ1n) is 8.19. The van der Waals surface area contributed by atoms with Gasteiger partial charge in [-0.05, 0) is 24.5 Å². The first-order chi connectivity index (χ1) is 11.6. The van der Waals surface area contributed by atoms with Crippen LogP contribution in [-0.2, 0) is 11.3 Å². The minimum Gasteiger partial charge on any atom is -0.356 e. The lowest BCUT2D eigenvalue weighted by atomic mass is 10.2. The Labute approximate surface area is 152 Å². The molecular formula is C18H25BrN4O. The Hall–Kier alpha value is -1.82. The van der Waals surface area contributed by atoms with Crippen LogP contribution < -0.4 is 10.6 Å². The first kappa shape index (κ1) is 18.5. The van der Waals surface area contributed by atoms with E-state index >= 15 is 0 Å². The zero-order valence-electron chi connectivity index (χ0n) is 14.3. The second-order valence-electron chi connectivity index (χ2n) is 5.87. The third kappa shape index (κ3) is 5.67. The molecule has 0 unspecified atom stereocenters. The van der Waals surface area contributed by atoms with E-state index in [0.717, 1.165) is 28.8 Å². The molecule has 0 spiro atoms. The Balaban J connectivity index is 1.72. The van der Waals surface area contributed by atoms with Gasteiger partial charge in [0.15, 0.2) is 5.96 Å². The van der Waals surface area contributed by atoms with Crippen molar-refractivity contribution in [2.75, 3.05) is 20.6 Å². The van der Waals surface area contributed by atoms with E-state index in [1.165, 1.54) is 0 Å². The molecular weight excluding hydrogens is 368 g/mol. The first-order valence-corrected chi connectivity index (χ1v) is 8.99. The lowest BCUT2D eigenvalue weighted by molar-refractivity contribution is -0.130. The van der Waals surface area contributed by atoms with Crippen molar-refractivity contribution < 1.29 is 4.79 Å². The van der Waals surface area contributed by atoms with E-state index < -0.39 is 0 Å². The molecule has 0 radical (unpaired) electrons. The number of halogens is 1. The maximum absolute atomic E-state index is 12.3. The summed E-state index contributed by atoms with van der Waals surface area (Å²) >= 11 is 3.52. The van der Waals surface area contributed by atoms with Crippen LogP contribution in [0.15, 0.2) is 45.9 Å². The van der Waals surface area contributed by atoms with Gasteiger partial charge in [0.2, 0.25) is 5.91 Å². The molecule has 0 aromatic heterocycles. The average Bonchev–Trinajstić information content (AvgIpc) is 3.08. The van der Waals surface area contributed by atoms with Crippen molar-refractivity contribution in [1.82, 2.24) is 15.5 Å². The highest BCUT2D eigenvalue weighted by molar-refractivity contribution is 9.10. The Morgan fingerprint density at radius 2 is 2.04 bits per heavy atom. The number of carbonyl (C=O) groups is 1. The Morgan fingerprint density at radius 3 is 2.71 bits per heavy atom. The van der Waals surface area contributed by atoms with Gasteiger partial charge in [-0.15, -0.1) is 0 Å². The van der Waals surface area contributed by atoms with E-state index in [2.05, 4.69) is 43.7 Å². The topological polar surface area (TPSA) is 56.7 Å². The molecule has 0 bridgehead atoms. The molecule has 2 N–H and O–H groups in total. The summed E-state index contributed by atoms with van der Waals surface area (Å²) in [5, 5.41) is 6.57. The van der Waals surface area contributed by atoms with Gasteiger partial charge in [-0.2, -0.15) is 0 Å². The molecule has 130 valence electrons. The van der Waals surface area contributed by atoms with Crippen LogP contribution in [0.5, 0.6) is 0 Å². The van der Waals surface area contributed by atoms with Crippen molar-refractivity contribution in [1.29, 1.82) is 0 Å². The number of carbonyl (C=O) groups excluding carboxylic acids is 1. The SMILES string of the molecule is CN=C(NCCC(=O)N(C)Cc1ccccc1Br)NC1CC=CC1. The Kier molecular flexibility index (Phi) is 7.31. The highest BCUT2D eigenvalue weighted by Gasteiger charge is 2.13. The van der Waals surface area contributed by atoms with Crippen LogP contribution in [0.2, 0.25) is 0 Å². The number of benzene rings is 1. The molecule has 1 amide bonds. The predicted octanol–water partition coefficient (Wildman–Crippen LogP) is 2.68. The summed E-state index contributed by atoms with van der Waals surface area (Å²) in [4.78, 5) is 18.2. The summed E-state index contributed by atoms with van der Waals surface area (Å²) in [7, 11) is 3.58. The highest BCUT2D eigenvalue weighted by atomic mass is 79.9. The number of guanidine groups is 1. The molecule has 0 atom stereocenters. The standard InChI is InChI=1S/C18H25BrN4O/c1-20-18(22-15-8-4-5-9-15)21-12-11-17(24)23(2)13-14-7-3-6-10-16(14)19/h3-7,10,15H,8-9,11-13H2,1-2H3,(H2,20,21,22). The smallest absolute Gasteiger partial charge is 0.224 e. The number of amides is 1. The second-order valence-corrected chi connectivity index (χ2v) is 6.73. The summed E-state index contributed by atoms with van der Waals surface area (Å²) in [6.45, 7) is 1.17. The van der Waals surface area contributed by atoms with Gasteiger partial charge in [0.25, 0.3) is 0 Å². The fraction of sp³-hybridized carbons (Fsp3) is 0.444. The van der Waals surface area contributed by atoms with Crippen molar-refractivity contribution in [2.45, 2.75) is 31.8 Å². The monoisotopic (exact) mass is 392 g/mol. The van der Waals surface area contributed by atoms with Crippen LogP contribution in [0, 0.1) is 0 Å². The minimum atomic E-state index is 0.108. The van der Waals surface area contributed by atoms with Crippen molar-refractivity contribution >= 4 is 27.8 Å². The number of hydrogen-bond acceptors (Lipinski definition) is 2. The highest BCUT2D eigenvalue weighted by Crippen LogP contribution is 2.17. The van der Waals surface area contributed by atoms with Gasteiger partial charge in [-0.25, -0.2) is 0 Å². The van der Waals surface area contributed by atoms with E-state index in [4.69, 9.17) is 0 Å². The fourth-order valence-corrected chi connectivity index (χ4v) is 2.98. The normalized spacial score (nSPS) is 14.7. The zero-order chi connectivity index (χ0) is 17.4. The van der Waals surface area contributed by atoms with Crippen molar-refractivity contribution in [3.63, 3.8) is 0 Å². The van der Waals surface area contributed by atoms with E-state index in [9.17, 15) is 4.79 Å². The quantitative estimate of drug-likeness (QED) is 0.444. The van der Waals surface area contributed by atoms with Gasteiger partial charge in [0.1, 0.15) is 0 Å². The molecule has 0 aliphatic heterocycles. The van der Waals surface area contributed by atoms with Gasteiger partial charge in [-0.3, -0.25) is 9.79 Å². The van der Waals surface area contributed by atoms with E-state index in [1.54, 1.807) is 11.9 Å². The summed E-state index contributed by atoms with van der Waals surface area (Å²) in [5.74, 6) is 0.862. The second kappa shape index (κ2) is 9.47. The molecule has 0 saturated carbocycles. The fourth-order valence-electron chi connectivity index (χ4n) is 2.57. The molecule has 0 fully saturated rings. The Bertz CT molecular complexity index is 607. The van der Waals surface area contributed by atoms with Gasteiger partial charge in [0.05, 0.1) is 0 Å². The summed E-state index contributed by atoms with van der Waals surface area (Å²) < 4.78 is 1.03. The van der Waals surface area contributed by atoms with E-state index in [1.807, 2.05) is 31.3 Å². The van der Waals surface area contributed by atoms with Crippen LogP contribution in [0.25, 0.3) is 0 Å². The summed E-state index contributed by atoms with van der Waals surface area (Å²) in [6.07, 6.45) is 6.82. The maximum Gasteiger partial charge on any atom is 0.224 e. The largest absolute Gasteiger partial charge is 0.356 e. The summed E-state index contributed by atoms with van der Waals surface area (Å²) in [5.41, 5.74) is 1.10. The third-order valence-electron chi connectivity index (χ3n) is 3.99. The molecule has 1 aromatic carbocycles. The van der Waals surface area contributed by atoms with Crippen molar-refractivity contribution in [2.24, 2.45) is 4.99 Å². The van der Waals surface area contributed by atoms with Crippen molar-refractivity contribution in [3.8, 4) is 0 Å². The zero-order valence-corrected chi connectivity index (χ0v) is 15.8. The number of aliphatic imine (C=N–C) groups is 1. The molecule has 1 aliphatic rings. The van der Waals surface area contributed by atoms with Crippen LogP contribution >= 0.6 is 15.9 Å². The van der Waals surface area contributed by atoms with E-state index in [0.29, 0.717) is 25.6 Å². The van der Waals surface area contributed by atoms with Gasteiger partial charge < -0.3 is 15.5 Å². The lowest BCUT2D eigenvalue weighted by Gasteiger charge is -2.20. The molecule has 1 aromatic rings. The molecule has 24 heavy (non-hydrogen) atoms. The molecule has 1 aliphatic carbocycles. The predicted molar refractivity (Wildman–Crippen MR) is 102 cm³/mol.